The molecule has 2 heterocycles. The number of hydrogen-bond acceptors (Lipinski definition) is 8. The van der Waals surface area contributed by atoms with Gasteiger partial charge in [-0.15, -0.1) is 0 Å². The molecule has 2 aliphatic heterocycles. The molecule has 5 unspecified atom stereocenters. The van der Waals surface area contributed by atoms with Crippen LogP contribution in [0.5, 0.6) is 11.5 Å². The fourth-order valence-corrected chi connectivity index (χ4v) is 8.39. The number of methoxy groups -OCH3 is 3. The first-order chi connectivity index (χ1) is 27.2. The molecule has 0 spiro atoms. The van der Waals surface area contributed by atoms with Gasteiger partial charge in [0.05, 0.1) is 20.8 Å². The Hall–Kier alpha value is -4.98. The summed E-state index contributed by atoms with van der Waals surface area (Å²) in [6.45, 7) is 11.0. The first-order valence-electron chi connectivity index (χ1n) is 19.2. The van der Waals surface area contributed by atoms with E-state index in [1.54, 1.807) is 64.9 Å². The van der Waals surface area contributed by atoms with E-state index in [9.17, 15) is 9.59 Å². The molecular formula is C45H55N3O8Si. The lowest BCUT2D eigenvalue weighted by Crippen LogP contribution is -2.58. The Morgan fingerprint density at radius 3 is 1.81 bits per heavy atom. The van der Waals surface area contributed by atoms with E-state index in [1.165, 1.54) is 9.80 Å². The maximum atomic E-state index is 14.2. The van der Waals surface area contributed by atoms with Crippen molar-refractivity contribution >= 4 is 20.3 Å². The van der Waals surface area contributed by atoms with Gasteiger partial charge in [-0.05, 0) is 77.3 Å². The minimum atomic E-state index is -2.45. The summed E-state index contributed by atoms with van der Waals surface area (Å²) in [5.41, 5.74) is 2.03. The van der Waals surface area contributed by atoms with Crippen LogP contribution in [0.3, 0.4) is 0 Å². The smallest absolute Gasteiger partial charge is 0.327 e. The number of benzene rings is 4. The third kappa shape index (κ3) is 8.51. The predicted octanol–water partition coefficient (Wildman–Crippen LogP) is 7.78. The van der Waals surface area contributed by atoms with Gasteiger partial charge in [-0.3, -0.25) is 9.69 Å². The number of likely N-dealkylation sites (N-methyl/N-ethyl adjacent to an activating group) is 1. The Bertz CT molecular complexity index is 1940. The van der Waals surface area contributed by atoms with Crippen molar-refractivity contribution in [2.75, 3.05) is 35.0 Å². The highest BCUT2D eigenvalue weighted by atomic mass is 28.4. The maximum absolute atomic E-state index is 14.2. The van der Waals surface area contributed by atoms with Crippen LogP contribution in [-0.4, -0.2) is 95.7 Å². The number of nitrogens with one attached hydrogen (secondary N) is 1. The molecule has 3 amide bonds. The summed E-state index contributed by atoms with van der Waals surface area (Å²) >= 11 is 0. The molecule has 0 aromatic heterocycles. The van der Waals surface area contributed by atoms with Gasteiger partial charge >= 0.3 is 6.03 Å². The maximum Gasteiger partial charge on any atom is 0.327 e. The molecule has 1 N–H and O–H groups in total. The van der Waals surface area contributed by atoms with Crippen LogP contribution in [0.1, 0.15) is 47.8 Å². The van der Waals surface area contributed by atoms with E-state index in [1.807, 2.05) is 84.9 Å². The first-order valence-corrected chi connectivity index (χ1v) is 22.1. The van der Waals surface area contributed by atoms with E-state index in [4.69, 9.17) is 28.1 Å². The SMILES string of the molecule is COc1ccc(C(OCC2OC(N3C=CC(NC(=O)c4ccccc4)N(C)C3=O)C(OC)C2O[Si](C)(C)C(C)(C)C)(c2ccccc2)c2ccc(OC)cc2)cc1. The molecule has 4 aromatic rings. The molecule has 0 saturated carbocycles. The highest BCUT2D eigenvalue weighted by molar-refractivity contribution is 6.74. The molecule has 6 rings (SSSR count). The van der Waals surface area contributed by atoms with E-state index >= 15 is 0 Å². The van der Waals surface area contributed by atoms with Crippen molar-refractivity contribution in [3.63, 3.8) is 0 Å². The molecule has 2 aliphatic rings. The third-order valence-electron chi connectivity index (χ3n) is 11.4. The predicted molar refractivity (Wildman–Crippen MR) is 222 cm³/mol. The summed E-state index contributed by atoms with van der Waals surface area (Å²) in [7, 11) is 4.09. The van der Waals surface area contributed by atoms with Crippen molar-refractivity contribution in [2.45, 2.75) is 75.2 Å². The van der Waals surface area contributed by atoms with Crippen LogP contribution >= 0.6 is 0 Å². The Morgan fingerprint density at radius 2 is 1.30 bits per heavy atom. The lowest BCUT2D eigenvalue weighted by molar-refractivity contribution is -0.103. The van der Waals surface area contributed by atoms with E-state index in [2.05, 4.69) is 39.2 Å². The molecule has 57 heavy (non-hydrogen) atoms. The van der Waals surface area contributed by atoms with Gasteiger partial charge in [-0.1, -0.05) is 93.6 Å². The normalized spacial score (nSPS) is 21.4. The minimum absolute atomic E-state index is 0.0694. The lowest BCUT2D eigenvalue weighted by atomic mass is 9.80. The van der Waals surface area contributed by atoms with Crippen LogP contribution < -0.4 is 14.8 Å². The Kier molecular flexibility index (Phi) is 12.6. The molecule has 11 nitrogen and oxygen atoms in total. The molecule has 0 radical (unpaired) electrons. The van der Waals surface area contributed by atoms with E-state index < -0.39 is 44.6 Å². The highest BCUT2D eigenvalue weighted by Crippen LogP contribution is 2.45. The molecule has 1 saturated heterocycles. The van der Waals surface area contributed by atoms with Crippen molar-refractivity contribution in [2.24, 2.45) is 0 Å². The van der Waals surface area contributed by atoms with Crippen molar-refractivity contribution in [3.8, 4) is 11.5 Å². The van der Waals surface area contributed by atoms with Gasteiger partial charge < -0.3 is 38.3 Å². The van der Waals surface area contributed by atoms with Gasteiger partial charge in [0.25, 0.3) is 5.91 Å². The second kappa shape index (κ2) is 17.2. The van der Waals surface area contributed by atoms with Crippen LogP contribution in [0.25, 0.3) is 0 Å². The second-order valence-corrected chi connectivity index (χ2v) is 20.6. The molecule has 302 valence electrons. The van der Waals surface area contributed by atoms with Crippen molar-refractivity contribution < 1.29 is 37.7 Å². The largest absolute Gasteiger partial charge is 0.497 e. The van der Waals surface area contributed by atoms with Crippen molar-refractivity contribution in [1.82, 2.24) is 15.1 Å². The molecule has 0 aliphatic carbocycles. The van der Waals surface area contributed by atoms with E-state index in [0.717, 1.165) is 16.7 Å². The van der Waals surface area contributed by atoms with Crippen LogP contribution in [0, 0.1) is 0 Å². The topological polar surface area (TPSA) is 108 Å². The fourth-order valence-electron chi connectivity index (χ4n) is 7.07. The van der Waals surface area contributed by atoms with Gasteiger partial charge in [0, 0.05) is 25.9 Å². The molecule has 0 bridgehead atoms. The summed E-state index contributed by atoms with van der Waals surface area (Å²) in [4.78, 5) is 30.2. The Balaban J connectivity index is 1.39. The minimum Gasteiger partial charge on any atom is -0.497 e. The number of ether oxygens (including phenoxy) is 5. The van der Waals surface area contributed by atoms with Crippen LogP contribution in [-0.2, 0) is 24.2 Å². The lowest BCUT2D eigenvalue weighted by Gasteiger charge is -2.41. The molecule has 1 fully saturated rings. The quantitative estimate of drug-likeness (QED) is 0.102. The summed E-state index contributed by atoms with van der Waals surface area (Å²) in [5, 5.41) is 2.80. The zero-order chi connectivity index (χ0) is 41.0. The zero-order valence-corrected chi connectivity index (χ0v) is 35.3. The Morgan fingerprint density at radius 1 is 0.772 bits per heavy atom. The number of carbonyl (C=O) groups excluding carboxylic acids is 2. The summed E-state index contributed by atoms with van der Waals surface area (Å²) < 4.78 is 38.7. The van der Waals surface area contributed by atoms with Gasteiger partial charge in [-0.2, -0.15) is 0 Å². The third-order valence-corrected chi connectivity index (χ3v) is 15.9. The molecule has 12 heteroatoms. The van der Waals surface area contributed by atoms with E-state index in [0.29, 0.717) is 17.1 Å². The molecule has 4 aromatic carbocycles. The summed E-state index contributed by atoms with van der Waals surface area (Å²) in [5.74, 6) is 1.14. The molecule has 5 atom stereocenters. The van der Waals surface area contributed by atoms with Crippen LogP contribution in [0.4, 0.5) is 4.79 Å². The number of amides is 3. The molecular weight excluding hydrogens is 739 g/mol. The van der Waals surface area contributed by atoms with Crippen molar-refractivity contribution in [1.29, 1.82) is 0 Å². The number of hydrogen-bond donors (Lipinski definition) is 1. The number of urea groups is 1. The van der Waals surface area contributed by atoms with Gasteiger partial charge in [0.2, 0.25) is 0 Å². The van der Waals surface area contributed by atoms with Gasteiger partial charge in [0.1, 0.15) is 41.6 Å². The second-order valence-electron chi connectivity index (χ2n) is 15.9. The fraction of sp³-hybridized carbons (Fsp3) is 0.378. The zero-order valence-electron chi connectivity index (χ0n) is 34.3. The van der Waals surface area contributed by atoms with Crippen LogP contribution in [0.2, 0.25) is 18.1 Å². The number of carbonyl (C=O) groups is 2. The van der Waals surface area contributed by atoms with E-state index in [-0.39, 0.29) is 23.6 Å². The summed E-state index contributed by atoms with van der Waals surface area (Å²) in [6, 6.07) is 34.3. The Labute approximate surface area is 337 Å². The highest BCUT2D eigenvalue weighted by Gasteiger charge is 2.54. The summed E-state index contributed by atoms with van der Waals surface area (Å²) in [6.07, 6.45) is -0.0900. The van der Waals surface area contributed by atoms with Crippen LogP contribution in [0.15, 0.2) is 121 Å². The average Bonchev–Trinajstić information content (AvgIpc) is 3.56. The van der Waals surface area contributed by atoms with Gasteiger partial charge in [0.15, 0.2) is 14.5 Å². The number of nitrogens with zero attached hydrogens (tertiary/aromatic N) is 2. The van der Waals surface area contributed by atoms with Crippen molar-refractivity contribution in [3.05, 3.63) is 144 Å². The monoisotopic (exact) mass is 793 g/mol. The van der Waals surface area contributed by atoms with Gasteiger partial charge in [-0.25, -0.2) is 4.79 Å². The first kappa shape index (κ1) is 41.6. The number of rotatable bonds is 14. The average molecular weight is 794 g/mol. The standard InChI is InChI=1S/C45H55N3O8Si/c1-44(2,3)57(8,9)56-39-37(55-42(40(39)53-7)48-29-28-38(47(4)43(48)50)46-41(49)31-16-12-10-13-17-31)30-54-45(32-18-14-11-15-19-32,33-20-24-35(51-5)25-21-33)34-22-26-36(52-6)27-23-34/h10-29,37-40,42H,30H2,1-9H3,(H,46,49).